The number of alkyl halides is 2. The van der Waals surface area contributed by atoms with Gasteiger partial charge in [-0.2, -0.15) is 0 Å². The number of carbonyl (C=O) groups is 1. The molecule has 0 aromatic carbocycles. The lowest BCUT2D eigenvalue weighted by molar-refractivity contribution is -0.123. The van der Waals surface area contributed by atoms with Crippen molar-refractivity contribution in [3.8, 4) is 0 Å². The largest absolute Gasteiger partial charge is 0.381 e. The van der Waals surface area contributed by atoms with Crippen molar-refractivity contribution in [2.75, 3.05) is 26.4 Å². The number of amides is 1. The zero-order valence-corrected chi connectivity index (χ0v) is 17.3. The number of halogens is 2. The average molecular weight is 394 g/mol. The number of ether oxygens (including phenoxy) is 3. The van der Waals surface area contributed by atoms with E-state index in [2.05, 4.69) is 5.32 Å². The van der Waals surface area contributed by atoms with E-state index in [4.69, 9.17) is 14.2 Å². The molecule has 0 spiro atoms. The molecule has 1 N–H and O–H groups in total. The number of hydrogen-bond donors (Lipinski definition) is 1. The maximum absolute atomic E-state index is 13.2. The van der Waals surface area contributed by atoms with Gasteiger partial charge >= 0.3 is 0 Å². The van der Waals surface area contributed by atoms with Crippen LogP contribution in [0.3, 0.4) is 0 Å². The third kappa shape index (κ3) is 9.81. The molecule has 0 aromatic rings. The molecule has 1 amide bonds. The SMILES string of the molecule is CC.CC(=O)NC(COC1CCOCC1)C(C)OCC1CCC(F)(F)CC1. The standard InChI is InChI=1S/C18H31F2NO4.C2H6/c1-13(24-11-15-3-7-18(19,20)8-4-15)17(21-14(2)22)12-25-16-5-9-23-10-6-16;1-2/h13,15-17H,3-12H2,1-2H3,(H,21,22);1-2H3. The monoisotopic (exact) mass is 393 g/mol. The first-order valence-electron chi connectivity index (χ1n) is 10.3. The quantitative estimate of drug-likeness (QED) is 0.679. The Morgan fingerprint density at radius 1 is 1.19 bits per heavy atom. The summed E-state index contributed by atoms with van der Waals surface area (Å²) in [6.07, 6.45) is 2.50. The first-order chi connectivity index (χ1) is 12.9. The Kier molecular flexibility index (Phi) is 11.3. The average Bonchev–Trinajstić information content (AvgIpc) is 2.66. The summed E-state index contributed by atoms with van der Waals surface area (Å²) in [6.45, 7) is 9.60. The summed E-state index contributed by atoms with van der Waals surface area (Å²) < 4.78 is 43.5. The van der Waals surface area contributed by atoms with E-state index in [0.717, 1.165) is 12.8 Å². The van der Waals surface area contributed by atoms with Crippen LogP contribution in [0, 0.1) is 5.92 Å². The maximum Gasteiger partial charge on any atom is 0.248 e. The molecular weight excluding hydrogens is 356 g/mol. The molecule has 1 saturated carbocycles. The van der Waals surface area contributed by atoms with Gasteiger partial charge in [-0.05, 0) is 38.5 Å². The number of nitrogens with one attached hydrogen (secondary N) is 1. The highest BCUT2D eigenvalue weighted by atomic mass is 19.3. The number of carbonyl (C=O) groups excluding carboxylic acids is 1. The van der Waals surface area contributed by atoms with Gasteiger partial charge in [0.15, 0.2) is 0 Å². The third-order valence-electron chi connectivity index (χ3n) is 5.07. The van der Waals surface area contributed by atoms with Gasteiger partial charge in [0.25, 0.3) is 0 Å². The first kappa shape index (κ1) is 24.2. The minimum Gasteiger partial charge on any atom is -0.381 e. The van der Waals surface area contributed by atoms with Gasteiger partial charge < -0.3 is 19.5 Å². The summed E-state index contributed by atoms with van der Waals surface area (Å²) >= 11 is 0. The van der Waals surface area contributed by atoms with E-state index in [1.54, 1.807) is 0 Å². The van der Waals surface area contributed by atoms with Crippen molar-refractivity contribution < 1.29 is 27.8 Å². The maximum atomic E-state index is 13.2. The Hall–Kier alpha value is -0.790. The highest BCUT2D eigenvalue weighted by molar-refractivity contribution is 5.73. The molecular formula is C20H37F2NO4. The molecule has 2 unspecified atom stereocenters. The van der Waals surface area contributed by atoms with E-state index in [1.165, 1.54) is 6.92 Å². The Morgan fingerprint density at radius 3 is 2.33 bits per heavy atom. The van der Waals surface area contributed by atoms with E-state index >= 15 is 0 Å². The lowest BCUT2D eigenvalue weighted by atomic mass is 9.87. The Balaban J connectivity index is 0.00000176. The van der Waals surface area contributed by atoms with Gasteiger partial charge in [-0.15, -0.1) is 0 Å². The third-order valence-corrected chi connectivity index (χ3v) is 5.07. The fraction of sp³-hybridized carbons (Fsp3) is 0.950. The Labute approximate surface area is 162 Å². The summed E-state index contributed by atoms with van der Waals surface area (Å²) in [4.78, 5) is 11.5. The van der Waals surface area contributed by atoms with Crippen LogP contribution in [0.2, 0.25) is 0 Å². The van der Waals surface area contributed by atoms with Gasteiger partial charge in [-0.25, -0.2) is 8.78 Å². The van der Waals surface area contributed by atoms with E-state index < -0.39 is 5.92 Å². The molecule has 1 saturated heterocycles. The zero-order valence-electron chi connectivity index (χ0n) is 17.3. The molecule has 0 radical (unpaired) electrons. The molecule has 1 aliphatic heterocycles. The van der Waals surface area contributed by atoms with Crippen LogP contribution in [0.5, 0.6) is 0 Å². The topological polar surface area (TPSA) is 56.8 Å². The van der Waals surface area contributed by atoms with Gasteiger partial charge in [-0.3, -0.25) is 4.79 Å². The van der Waals surface area contributed by atoms with Crippen molar-refractivity contribution in [1.29, 1.82) is 0 Å². The van der Waals surface area contributed by atoms with Crippen molar-refractivity contribution in [3.63, 3.8) is 0 Å². The lowest BCUT2D eigenvalue weighted by Crippen LogP contribution is -2.47. The molecule has 1 aliphatic carbocycles. The predicted octanol–water partition coefficient (Wildman–Crippen LogP) is 3.94. The van der Waals surface area contributed by atoms with Crippen LogP contribution in [0.15, 0.2) is 0 Å². The Bertz CT molecular complexity index is 407. The summed E-state index contributed by atoms with van der Waals surface area (Å²) in [5.41, 5.74) is 0. The highest BCUT2D eigenvalue weighted by Crippen LogP contribution is 2.36. The molecule has 2 atom stereocenters. The second-order valence-corrected chi connectivity index (χ2v) is 7.29. The summed E-state index contributed by atoms with van der Waals surface area (Å²) in [6, 6.07) is -0.245. The van der Waals surface area contributed by atoms with Gasteiger partial charge in [0.2, 0.25) is 11.8 Å². The normalized spacial score (nSPS) is 23.0. The van der Waals surface area contributed by atoms with Gasteiger partial charge in [0.05, 0.1) is 24.9 Å². The van der Waals surface area contributed by atoms with E-state index in [9.17, 15) is 13.6 Å². The van der Waals surface area contributed by atoms with Gasteiger partial charge in [-0.1, -0.05) is 13.8 Å². The minimum absolute atomic E-state index is 0.0581. The van der Waals surface area contributed by atoms with Crippen molar-refractivity contribution in [1.82, 2.24) is 5.32 Å². The van der Waals surface area contributed by atoms with E-state index in [0.29, 0.717) is 39.3 Å². The van der Waals surface area contributed by atoms with Gasteiger partial charge in [0.1, 0.15) is 0 Å². The molecule has 1 heterocycles. The molecule has 5 nitrogen and oxygen atoms in total. The van der Waals surface area contributed by atoms with Crippen LogP contribution in [0.1, 0.15) is 66.2 Å². The predicted molar refractivity (Wildman–Crippen MR) is 101 cm³/mol. The summed E-state index contributed by atoms with van der Waals surface area (Å²) in [5.74, 6) is -2.48. The molecule has 0 aromatic heterocycles. The fourth-order valence-corrected chi connectivity index (χ4v) is 3.31. The van der Waals surface area contributed by atoms with Gasteiger partial charge in [0, 0.05) is 39.6 Å². The van der Waals surface area contributed by atoms with E-state index in [-0.39, 0.29) is 42.9 Å². The highest BCUT2D eigenvalue weighted by Gasteiger charge is 2.35. The van der Waals surface area contributed by atoms with Crippen LogP contribution in [0.25, 0.3) is 0 Å². The van der Waals surface area contributed by atoms with Crippen molar-refractivity contribution in [3.05, 3.63) is 0 Å². The van der Waals surface area contributed by atoms with Crippen LogP contribution >= 0.6 is 0 Å². The summed E-state index contributed by atoms with van der Waals surface area (Å²) in [5, 5.41) is 2.88. The molecule has 2 aliphatic rings. The summed E-state index contributed by atoms with van der Waals surface area (Å²) in [7, 11) is 0. The molecule has 160 valence electrons. The smallest absolute Gasteiger partial charge is 0.248 e. The second-order valence-electron chi connectivity index (χ2n) is 7.29. The molecule has 0 bridgehead atoms. The number of hydrogen-bond acceptors (Lipinski definition) is 4. The number of rotatable bonds is 8. The van der Waals surface area contributed by atoms with Crippen LogP contribution < -0.4 is 5.32 Å². The van der Waals surface area contributed by atoms with Crippen LogP contribution in [0.4, 0.5) is 8.78 Å². The fourth-order valence-electron chi connectivity index (χ4n) is 3.31. The van der Waals surface area contributed by atoms with Crippen molar-refractivity contribution >= 4 is 5.91 Å². The Morgan fingerprint density at radius 2 is 1.78 bits per heavy atom. The second kappa shape index (κ2) is 12.6. The lowest BCUT2D eigenvalue weighted by Gasteiger charge is -2.31. The van der Waals surface area contributed by atoms with Crippen LogP contribution in [-0.2, 0) is 19.0 Å². The minimum atomic E-state index is -2.52. The molecule has 27 heavy (non-hydrogen) atoms. The van der Waals surface area contributed by atoms with Crippen LogP contribution in [-0.4, -0.2) is 56.5 Å². The van der Waals surface area contributed by atoms with Crippen molar-refractivity contribution in [2.45, 2.75) is 90.4 Å². The van der Waals surface area contributed by atoms with E-state index in [1.807, 2.05) is 20.8 Å². The first-order valence-corrected chi connectivity index (χ1v) is 10.3. The molecule has 7 heteroatoms. The van der Waals surface area contributed by atoms with Crippen molar-refractivity contribution in [2.24, 2.45) is 5.92 Å². The molecule has 2 rings (SSSR count). The zero-order chi connectivity index (χ0) is 20.3. The molecule has 2 fully saturated rings.